The van der Waals surface area contributed by atoms with E-state index in [4.69, 9.17) is 20.9 Å². The largest absolute Gasteiger partial charge is 0.552 e. The van der Waals surface area contributed by atoms with E-state index in [9.17, 15) is 14.4 Å². The summed E-state index contributed by atoms with van der Waals surface area (Å²) in [6.07, 6.45) is -0.317. The second kappa shape index (κ2) is 11.0. The zero-order valence-electron chi connectivity index (χ0n) is 17.6. The minimum atomic E-state index is -0.922. The molecule has 0 spiro atoms. The SMILES string of the molecule is CC(C)CC(NC(=O)CNC(=O)c1cc(Br)ccc1Cl)B1OC(=O)C(c2ccccc2)O1. The average Bonchev–Trinajstić information content (AvgIpc) is 3.15. The number of halogens is 2. The molecule has 32 heavy (non-hydrogen) atoms. The van der Waals surface area contributed by atoms with Gasteiger partial charge in [-0.3, -0.25) is 14.4 Å². The fourth-order valence-electron chi connectivity index (χ4n) is 3.34. The Balaban J connectivity index is 1.61. The number of hydrogen-bond acceptors (Lipinski definition) is 5. The van der Waals surface area contributed by atoms with E-state index < -0.39 is 36.9 Å². The maximum Gasteiger partial charge on any atom is 0.552 e. The lowest BCUT2D eigenvalue weighted by Gasteiger charge is -2.21. The first-order valence-corrected chi connectivity index (χ1v) is 11.3. The van der Waals surface area contributed by atoms with E-state index in [1.54, 1.807) is 30.3 Å². The van der Waals surface area contributed by atoms with Crippen LogP contribution in [0.15, 0.2) is 53.0 Å². The third-order valence-electron chi connectivity index (χ3n) is 4.80. The monoisotopic (exact) mass is 520 g/mol. The van der Waals surface area contributed by atoms with Gasteiger partial charge in [-0.15, -0.1) is 0 Å². The summed E-state index contributed by atoms with van der Waals surface area (Å²) in [5, 5.41) is 5.65. The van der Waals surface area contributed by atoms with Crippen molar-refractivity contribution in [1.82, 2.24) is 10.6 Å². The first kappa shape index (κ1) is 24.3. The molecule has 3 rings (SSSR count). The standard InChI is InChI=1S/C22H23BBrClN2O5/c1-13(2)10-18(23-31-20(22(30)32-23)14-6-4-3-5-7-14)27-19(28)12-26-21(29)16-11-15(24)8-9-17(16)25/h3-9,11,13,18,20H,10,12H2,1-2H3,(H,26,29)(H,27,28). The van der Waals surface area contributed by atoms with E-state index in [0.717, 1.165) is 0 Å². The normalized spacial score (nSPS) is 16.6. The molecule has 1 saturated heterocycles. The number of carbonyl (C=O) groups is 3. The van der Waals surface area contributed by atoms with Crippen molar-refractivity contribution in [2.24, 2.45) is 5.92 Å². The van der Waals surface area contributed by atoms with Crippen LogP contribution in [0, 0.1) is 5.92 Å². The maximum absolute atomic E-state index is 12.5. The van der Waals surface area contributed by atoms with Crippen LogP contribution in [0.2, 0.25) is 5.02 Å². The molecule has 0 radical (unpaired) electrons. The van der Waals surface area contributed by atoms with E-state index in [1.807, 2.05) is 32.0 Å². The Kier molecular flexibility index (Phi) is 8.34. The van der Waals surface area contributed by atoms with Gasteiger partial charge in [-0.25, -0.2) is 0 Å². The van der Waals surface area contributed by atoms with Crippen molar-refractivity contribution in [1.29, 1.82) is 0 Å². The van der Waals surface area contributed by atoms with Gasteiger partial charge in [0, 0.05) is 4.47 Å². The van der Waals surface area contributed by atoms with Crippen molar-refractivity contribution in [2.45, 2.75) is 32.3 Å². The van der Waals surface area contributed by atoms with Gasteiger partial charge in [-0.1, -0.05) is 71.7 Å². The zero-order valence-corrected chi connectivity index (χ0v) is 20.0. The van der Waals surface area contributed by atoms with Gasteiger partial charge in [-0.05, 0) is 36.1 Å². The molecule has 2 aromatic rings. The smallest absolute Gasteiger partial charge is 0.506 e. The van der Waals surface area contributed by atoms with Crippen LogP contribution in [0.5, 0.6) is 0 Å². The Bertz CT molecular complexity index is 992. The fourth-order valence-corrected chi connectivity index (χ4v) is 3.91. The predicted molar refractivity (Wildman–Crippen MR) is 125 cm³/mol. The van der Waals surface area contributed by atoms with Crippen LogP contribution < -0.4 is 10.6 Å². The molecular weight excluding hydrogens is 498 g/mol. The van der Waals surface area contributed by atoms with Crippen molar-refractivity contribution in [3.05, 3.63) is 69.2 Å². The Morgan fingerprint density at radius 3 is 2.59 bits per heavy atom. The van der Waals surface area contributed by atoms with Crippen LogP contribution in [0.25, 0.3) is 0 Å². The lowest BCUT2D eigenvalue weighted by molar-refractivity contribution is -0.136. The average molecular weight is 522 g/mol. The van der Waals surface area contributed by atoms with Crippen LogP contribution in [-0.2, 0) is 18.9 Å². The van der Waals surface area contributed by atoms with Crippen LogP contribution >= 0.6 is 27.5 Å². The van der Waals surface area contributed by atoms with Crippen molar-refractivity contribution >= 4 is 52.4 Å². The summed E-state index contributed by atoms with van der Waals surface area (Å²) in [7, 11) is -0.922. The molecule has 1 heterocycles. The summed E-state index contributed by atoms with van der Waals surface area (Å²) in [5.41, 5.74) is 0.944. The van der Waals surface area contributed by atoms with E-state index in [1.165, 1.54) is 0 Å². The molecule has 2 atom stereocenters. The molecule has 0 aliphatic carbocycles. The highest BCUT2D eigenvalue weighted by molar-refractivity contribution is 9.10. The predicted octanol–water partition coefficient (Wildman–Crippen LogP) is 3.71. The molecule has 0 bridgehead atoms. The molecular formula is C22H23BBrClN2O5. The highest BCUT2D eigenvalue weighted by atomic mass is 79.9. The second-order valence-corrected chi connectivity index (χ2v) is 9.17. The quantitative estimate of drug-likeness (QED) is 0.517. The molecule has 2 amide bonds. The van der Waals surface area contributed by atoms with Crippen molar-refractivity contribution in [2.75, 3.05) is 6.54 Å². The third-order valence-corrected chi connectivity index (χ3v) is 5.62. The summed E-state index contributed by atoms with van der Waals surface area (Å²) in [4.78, 5) is 37.3. The van der Waals surface area contributed by atoms with Gasteiger partial charge in [0.05, 0.1) is 23.1 Å². The molecule has 0 saturated carbocycles. The highest BCUT2D eigenvalue weighted by Crippen LogP contribution is 2.28. The minimum Gasteiger partial charge on any atom is -0.506 e. The Labute approximate surface area is 200 Å². The molecule has 1 fully saturated rings. The summed E-state index contributed by atoms with van der Waals surface area (Å²) in [6, 6.07) is 13.9. The number of amides is 2. The third kappa shape index (κ3) is 6.34. The lowest BCUT2D eigenvalue weighted by atomic mass is 9.74. The van der Waals surface area contributed by atoms with Gasteiger partial charge in [-0.2, -0.15) is 0 Å². The molecule has 2 N–H and O–H groups in total. The first-order valence-electron chi connectivity index (χ1n) is 10.2. The molecule has 10 heteroatoms. The number of nitrogens with one attached hydrogen (secondary N) is 2. The van der Waals surface area contributed by atoms with Gasteiger partial charge < -0.3 is 19.9 Å². The molecule has 2 aromatic carbocycles. The van der Waals surface area contributed by atoms with Gasteiger partial charge in [0.15, 0.2) is 6.10 Å². The minimum absolute atomic E-state index is 0.202. The van der Waals surface area contributed by atoms with Crippen molar-refractivity contribution in [3.63, 3.8) is 0 Å². The second-order valence-electron chi connectivity index (χ2n) is 7.84. The van der Waals surface area contributed by atoms with Gasteiger partial charge in [0.25, 0.3) is 5.91 Å². The molecule has 2 unspecified atom stereocenters. The zero-order chi connectivity index (χ0) is 23.3. The molecule has 1 aliphatic heterocycles. The Morgan fingerprint density at radius 2 is 1.91 bits per heavy atom. The van der Waals surface area contributed by atoms with Gasteiger partial charge in [0.1, 0.15) is 0 Å². The molecule has 1 aliphatic rings. The lowest BCUT2D eigenvalue weighted by Crippen LogP contribution is -2.50. The number of carbonyl (C=O) groups excluding carboxylic acids is 3. The number of benzene rings is 2. The van der Waals surface area contributed by atoms with E-state index in [0.29, 0.717) is 16.5 Å². The van der Waals surface area contributed by atoms with Crippen molar-refractivity contribution < 1.29 is 23.7 Å². The van der Waals surface area contributed by atoms with Crippen LogP contribution in [0.1, 0.15) is 42.3 Å². The first-order chi connectivity index (χ1) is 15.2. The topological polar surface area (TPSA) is 93.7 Å². The van der Waals surface area contributed by atoms with Crippen LogP contribution in [0.3, 0.4) is 0 Å². The number of rotatable bonds is 8. The molecule has 0 aromatic heterocycles. The molecule has 7 nitrogen and oxygen atoms in total. The van der Waals surface area contributed by atoms with Gasteiger partial charge in [0.2, 0.25) is 5.91 Å². The van der Waals surface area contributed by atoms with E-state index in [-0.39, 0.29) is 23.0 Å². The highest BCUT2D eigenvalue weighted by Gasteiger charge is 2.46. The Hall–Kier alpha value is -2.36. The summed E-state index contributed by atoms with van der Waals surface area (Å²) < 4.78 is 12.0. The fraction of sp³-hybridized carbons (Fsp3) is 0.318. The molecule has 168 valence electrons. The van der Waals surface area contributed by atoms with E-state index >= 15 is 0 Å². The van der Waals surface area contributed by atoms with Crippen LogP contribution in [0.4, 0.5) is 0 Å². The maximum atomic E-state index is 12.5. The number of hydrogen-bond donors (Lipinski definition) is 2. The van der Waals surface area contributed by atoms with Crippen molar-refractivity contribution in [3.8, 4) is 0 Å². The summed E-state index contributed by atoms with van der Waals surface area (Å²) >= 11 is 9.36. The summed E-state index contributed by atoms with van der Waals surface area (Å²) in [6.45, 7) is 3.71. The summed E-state index contributed by atoms with van der Waals surface area (Å²) in [5.74, 6) is -1.76. The van der Waals surface area contributed by atoms with E-state index in [2.05, 4.69) is 26.6 Å². The Morgan fingerprint density at radius 1 is 1.19 bits per heavy atom. The van der Waals surface area contributed by atoms with Gasteiger partial charge >= 0.3 is 13.1 Å². The van der Waals surface area contributed by atoms with Crippen LogP contribution in [-0.4, -0.2) is 37.4 Å².